The summed E-state index contributed by atoms with van der Waals surface area (Å²) in [6.07, 6.45) is 8.60. The van der Waals surface area contributed by atoms with Crippen molar-refractivity contribution in [3.8, 4) is 0 Å². The van der Waals surface area contributed by atoms with E-state index in [1.165, 1.54) is 12.8 Å². The highest BCUT2D eigenvalue weighted by Gasteiger charge is 2.15. The Labute approximate surface area is 152 Å². The normalized spacial score (nSPS) is 13.0. The Morgan fingerprint density at radius 1 is 1.20 bits per heavy atom. The molecule has 8 heteroatoms. The third kappa shape index (κ3) is 17.6. The highest BCUT2D eigenvalue weighted by Crippen LogP contribution is 2.07. The molecule has 0 aromatic carbocycles. The van der Waals surface area contributed by atoms with Gasteiger partial charge in [0.25, 0.3) is 10.1 Å². The summed E-state index contributed by atoms with van der Waals surface area (Å²) in [7, 11) is -2.41. The van der Waals surface area contributed by atoms with Gasteiger partial charge in [-0.25, -0.2) is 0 Å². The fraction of sp³-hybridized carbons (Fsp3) is 0.824. The molecule has 0 bridgehead atoms. The minimum atomic E-state index is -4.16. The largest absolute Gasteiger partial charge is 0.391 e. The first-order chi connectivity index (χ1) is 11.7. The van der Waals surface area contributed by atoms with Gasteiger partial charge in [0.05, 0.1) is 6.10 Å². The third-order valence-corrected chi connectivity index (χ3v) is 4.58. The van der Waals surface area contributed by atoms with Gasteiger partial charge in [0.15, 0.2) is 0 Å². The van der Waals surface area contributed by atoms with Crippen LogP contribution in [0.4, 0.5) is 0 Å². The molecular weight excluding hydrogens is 344 g/mol. The van der Waals surface area contributed by atoms with Crippen LogP contribution in [-0.4, -0.2) is 67.4 Å². The lowest BCUT2D eigenvalue weighted by molar-refractivity contribution is -0.121. The van der Waals surface area contributed by atoms with Crippen molar-refractivity contribution >= 4 is 16.0 Å². The van der Waals surface area contributed by atoms with Crippen molar-refractivity contribution in [2.75, 3.05) is 32.4 Å². The molecule has 0 spiro atoms. The minimum Gasteiger partial charge on any atom is -0.391 e. The lowest BCUT2D eigenvalue weighted by atomic mass is 10.1. The van der Waals surface area contributed by atoms with Crippen LogP contribution in [0.3, 0.4) is 0 Å². The van der Waals surface area contributed by atoms with Crippen LogP contribution >= 0.6 is 0 Å². The van der Waals surface area contributed by atoms with Crippen molar-refractivity contribution < 1.29 is 22.9 Å². The fourth-order valence-corrected chi connectivity index (χ4v) is 3.11. The number of aliphatic hydroxyl groups excluding tert-OH is 1. The number of allylic oxidation sites excluding steroid dienone is 1. The molecule has 0 heterocycles. The summed E-state index contributed by atoms with van der Waals surface area (Å²) in [5, 5.41) is 12.4. The van der Waals surface area contributed by atoms with E-state index in [0.29, 0.717) is 25.9 Å². The number of amides is 1. The topological polar surface area (TPSA) is 107 Å². The van der Waals surface area contributed by atoms with Crippen LogP contribution in [0, 0.1) is 0 Å². The average Bonchev–Trinajstić information content (AvgIpc) is 2.48. The van der Waals surface area contributed by atoms with Crippen molar-refractivity contribution in [2.45, 2.75) is 57.5 Å². The summed E-state index contributed by atoms with van der Waals surface area (Å²) in [4.78, 5) is 13.5. The Bertz CT molecular complexity index is 468. The molecule has 0 radical (unpaired) electrons. The van der Waals surface area contributed by atoms with Crippen LogP contribution in [0.15, 0.2) is 12.7 Å². The molecule has 25 heavy (non-hydrogen) atoms. The number of nitrogens with one attached hydrogen (secondary N) is 1. The summed E-state index contributed by atoms with van der Waals surface area (Å²) in [6, 6.07) is 0. The molecule has 0 aliphatic rings. The summed E-state index contributed by atoms with van der Waals surface area (Å²) in [5.41, 5.74) is 0. The maximum atomic E-state index is 11.7. The van der Waals surface area contributed by atoms with Gasteiger partial charge in [-0.15, -0.1) is 6.58 Å². The predicted molar refractivity (Wildman–Crippen MR) is 100 cm³/mol. The molecule has 0 rings (SSSR count). The average molecular weight is 379 g/mol. The summed E-state index contributed by atoms with van der Waals surface area (Å²) < 4.78 is 30.0. The van der Waals surface area contributed by atoms with Gasteiger partial charge in [0, 0.05) is 19.5 Å². The maximum Gasteiger partial charge on any atom is 0.267 e. The van der Waals surface area contributed by atoms with Gasteiger partial charge in [-0.05, 0) is 39.3 Å². The number of rotatable bonds is 16. The van der Waals surface area contributed by atoms with E-state index in [4.69, 9.17) is 4.55 Å². The van der Waals surface area contributed by atoms with E-state index in [-0.39, 0.29) is 12.5 Å². The van der Waals surface area contributed by atoms with Crippen LogP contribution in [0.5, 0.6) is 0 Å². The molecule has 0 aromatic heterocycles. The van der Waals surface area contributed by atoms with Crippen molar-refractivity contribution in [1.82, 2.24) is 10.2 Å². The van der Waals surface area contributed by atoms with Crippen molar-refractivity contribution in [3.05, 3.63) is 12.7 Å². The second-order valence-electron chi connectivity index (χ2n) is 6.46. The zero-order valence-corrected chi connectivity index (χ0v) is 16.1. The van der Waals surface area contributed by atoms with Gasteiger partial charge in [0.1, 0.15) is 5.75 Å². The molecule has 1 amide bonds. The lowest BCUT2D eigenvalue weighted by Gasteiger charge is -2.19. The molecule has 0 fully saturated rings. The van der Waals surface area contributed by atoms with Crippen molar-refractivity contribution in [2.24, 2.45) is 0 Å². The van der Waals surface area contributed by atoms with Crippen LogP contribution in [0.2, 0.25) is 0 Å². The first-order valence-electron chi connectivity index (χ1n) is 8.94. The van der Waals surface area contributed by atoms with Crippen molar-refractivity contribution in [1.29, 1.82) is 0 Å². The predicted octanol–water partition coefficient (Wildman–Crippen LogP) is 1.59. The minimum absolute atomic E-state index is 0.0557. The molecule has 0 aliphatic heterocycles. The number of hydrogen-bond acceptors (Lipinski definition) is 5. The van der Waals surface area contributed by atoms with E-state index >= 15 is 0 Å². The van der Waals surface area contributed by atoms with Crippen LogP contribution in [-0.2, 0) is 14.9 Å². The van der Waals surface area contributed by atoms with E-state index in [2.05, 4.69) is 11.9 Å². The number of aliphatic hydroxyl groups is 1. The standard InChI is InChI=1S/C17H34N2O5S/c1-3-4-5-6-7-8-9-11-17(21)18-12-10-13-19(2)14-16(20)15-25(22,23)24/h3,16,20H,1,4-15H2,2H3,(H,18,21)(H,22,23,24). The molecule has 0 aromatic rings. The molecular formula is C17H34N2O5S. The summed E-state index contributed by atoms with van der Waals surface area (Å²) >= 11 is 0. The Morgan fingerprint density at radius 3 is 2.48 bits per heavy atom. The SMILES string of the molecule is C=CCCCCCCCC(=O)NCCCN(C)CC(O)CS(=O)(=O)O. The van der Waals surface area contributed by atoms with Crippen LogP contribution < -0.4 is 5.32 Å². The molecule has 148 valence electrons. The number of carbonyl (C=O) groups excluding carboxylic acids is 1. The monoisotopic (exact) mass is 378 g/mol. The number of likely N-dealkylation sites (N-methyl/N-ethyl adjacent to an activating group) is 1. The zero-order valence-electron chi connectivity index (χ0n) is 15.3. The van der Waals surface area contributed by atoms with Gasteiger partial charge >= 0.3 is 0 Å². The quantitative estimate of drug-likeness (QED) is 0.214. The number of nitrogens with zero attached hydrogens (tertiary/aromatic N) is 1. The molecule has 7 nitrogen and oxygen atoms in total. The van der Waals surface area contributed by atoms with Crippen molar-refractivity contribution in [3.63, 3.8) is 0 Å². The number of carbonyl (C=O) groups is 1. The molecule has 1 atom stereocenters. The van der Waals surface area contributed by atoms with Gasteiger partial charge < -0.3 is 15.3 Å². The Kier molecular flexibility index (Phi) is 13.7. The summed E-state index contributed by atoms with van der Waals surface area (Å²) in [5.74, 6) is -0.609. The van der Waals surface area contributed by atoms with E-state index in [1.54, 1.807) is 11.9 Å². The van der Waals surface area contributed by atoms with Crippen LogP contribution in [0.25, 0.3) is 0 Å². The first-order valence-corrected chi connectivity index (χ1v) is 10.5. The Morgan fingerprint density at radius 2 is 1.84 bits per heavy atom. The second-order valence-corrected chi connectivity index (χ2v) is 7.96. The third-order valence-electron chi connectivity index (χ3n) is 3.78. The highest BCUT2D eigenvalue weighted by molar-refractivity contribution is 7.85. The lowest BCUT2D eigenvalue weighted by Crippen LogP contribution is -2.35. The zero-order chi connectivity index (χ0) is 19.1. The second kappa shape index (κ2) is 14.2. The molecule has 1 unspecified atom stereocenters. The van der Waals surface area contributed by atoms with E-state index in [0.717, 1.165) is 25.7 Å². The Hall–Kier alpha value is -0.960. The molecule has 0 saturated carbocycles. The molecule has 0 aliphatic carbocycles. The number of hydrogen-bond donors (Lipinski definition) is 3. The molecule has 3 N–H and O–H groups in total. The Balaban J connectivity index is 3.56. The molecule has 0 saturated heterocycles. The fourth-order valence-electron chi connectivity index (χ4n) is 2.52. The van der Waals surface area contributed by atoms with E-state index < -0.39 is 22.0 Å². The van der Waals surface area contributed by atoms with Gasteiger partial charge in [-0.1, -0.05) is 25.3 Å². The first kappa shape index (κ1) is 24.0. The summed E-state index contributed by atoms with van der Waals surface area (Å²) in [6.45, 7) is 5.01. The van der Waals surface area contributed by atoms with Gasteiger partial charge in [-0.2, -0.15) is 8.42 Å². The van der Waals surface area contributed by atoms with Gasteiger partial charge in [-0.3, -0.25) is 9.35 Å². The van der Waals surface area contributed by atoms with Crippen LogP contribution in [0.1, 0.15) is 51.4 Å². The smallest absolute Gasteiger partial charge is 0.267 e. The maximum absolute atomic E-state index is 11.7. The number of unbranched alkanes of at least 4 members (excludes halogenated alkanes) is 5. The van der Waals surface area contributed by atoms with Gasteiger partial charge in [0.2, 0.25) is 5.91 Å². The van der Waals surface area contributed by atoms with E-state index in [9.17, 15) is 18.3 Å². The highest BCUT2D eigenvalue weighted by atomic mass is 32.2. The van der Waals surface area contributed by atoms with E-state index in [1.807, 2.05) is 6.08 Å².